The van der Waals surface area contributed by atoms with Crippen molar-refractivity contribution in [3.63, 3.8) is 0 Å². The fraction of sp³-hybridized carbons (Fsp3) is 0.412. The van der Waals surface area contributed by atoms with Crippen LogP contribution in [-0.4, -0.2) is 78.6 Å². The summed E-state index contributed by atoms with van der Waals surface area (Å²) in [7, 11) is 0. The predicted molar refractivity (Wildman–Crippen MR) is 99.5 cm³/mol. The molecular formula is C17H22N8O2. The Bertz CT molecular complexity index is 925. The van der Waals surface area contributed by atoms with Crippen molar-refractivity contribution in [3.05, 3.63) is 47.7 Å². The first-order valence-corrected chi connectivity index (χ1v) is 8.95. The van der Waals surface area contributed by atoms with E-state index in [4.69, 9.17) is 5.11 Å². The molecule has 10 nitrogen and oxygen atoms in total. The number of nitrogens with zero attached hydrogens (tertiary/aromatic N) is 7. The molecule has 1 aliphatic heterocycles. The number of anilines is 1. The minimum atomic E-state index is -0.202. The van der Waals surface area contributed by atoms with Gasteiger partial charge in [0.15, 0.2) is 5.82 Å². The van der Waals surface area contributed by atoms with Crippen molar-refractivity contribution in [3.8, 4) is 11.5 Å². The lowest BCUT2D eigenvalue weighted by Crippen LogP contribution is -2.47. The van der Waals surface area contributed by atoms with Crippen LogP contribution in [0, 0.1) is 0 Å². The van der Waals surface area contributed by atoms with E-state index in [1.165, 1.54) is 11.0 Å². The number of imidazole rings is 1. The number of hydrogen-bond donors (Lipinski definition) is 2. The van der Waals surface area contributed by atoms with E-state index >= 15 is 0 Å². The molecule has 10 heteroatoms. The molecule has 0 aromatic carbocycles. The van der Waals surface area contributed by atoms with Crippen LogP contribution in [0.15, 0.2) is 42.1 Å². The van der Waals surface area contributed by atoms with E-state index in [0.29, 0.717) is 11.5 Å². The Morgan fingerprint density at radius 1 is 1.15 bits per heavy atom. The zero-order chi connectivity index (χ0) is 18.6. The average Bonchev–Trinajstić information content (AvgIpc) is 3.36. The van der Waals surface area contributed by atoms with Crippen molar-refractivity contribution in [2.24, 2.45) is 0 Å². The van der Waals surface area contributed by atoms with Crippen LogP contribution in [0.25, 0.3) is 11.5 Å². The predicted octanol–water partition coefficient (Wildman–Crippen LogP) is -0.354. The van der Waals surface area contributed by atoms with E-state index in [0.717, 1.165) is 45.0 Å². The van der Waals surface area contributed by atoms with Crippen molar-refractivity contribution < 1.29 is 5.11 Å². The van der Waals surface area contributed by atoms with Gasteiger partial charge >= 0.3 is 0 Å². The number of rotatable bonds is 6. The maximum Gasteiger partial charge on any atom is 0.296 e. The van der Waals surface area contributed by atoms with E-state index in [2.05, 4.69) is 29.9 Å². The second kappa shape index (κ2) is 7.72. The summed E-state index contributed by atoms with van der Waals surface area (Å²) < 4.78 is 3.06. The van der Waals surface area contributed by atoms with Gasteiger partial charge < -0.3 is 10.0 Å². The Morgan fingerprint density at radius 2 is 1.96 bits per heavy atom. The lowest BCUT2D eigenvalue weighted by Gasteiger charge is -2.35. The molecule has 3 aromatic heterocycles. The summed E-state index contributed by atoms with van der Waals surface area (Å²) in [6, 6.07) is 1.82. The number of hydrogen-bond acceptors (Lipinski definition) is 7. The van der Waals surface area contributed by atoms with Crippen molar-refractivity contribution in [2.75, 3.05) is 44.2 Å². The molecule has 142 valence electrons. The molecule has 1 fully saturated rings. The average molecular weight is 370 g/mol. The van der Waals surface area contributed by atoms with E-state index in [1.54, 1.807) is 29.5 Å². The van der Waals surface area contributed by atoms with Gasteiger partial charge in [-0.05, 0) is 6.42 Å². The Labute approximate surface area is 155 Å². The number of aromatic nitrogens is 6. The fourth-order valence-electron chi connectivity index (χ4n) is 3.24. The molecule has 4 heterocycles. The molecule has 0 aliphatic carbocycles. The first-order valence-electron chi connectivity index (χ1n) is 8.95. The Hall–Kier alpha value is -2.98. The SMILES string of the molecule is O=c1c(-n2ccnc2)c[nH]n1-c1cc(N2CCN(CCCO)CC2)ncn1. The molecule has 0 spiro atoms. The highest BCUT2D eigenvalue weighted by Gasteiger charge is 2.19. The third kappa shape index (κ3) is 3.62. The lowest BCUT2D eigenvalue weighted by atomic mass is 10.3. The van der Waals surface area contributed by atoms with E-state index in [-0.39, 0.29) is 12.2 Å². The van der Waals surface area contributed by atoms with Gasteiger partial charge in [-0.15, -0.1) is 0 Å². The Balaban J connectivity index is 1.52. The van der Waals surface area contributed by atoms with Crippen molar-refractivity contribution in [1.82, 2.24) is 34.2 Å². The molecule has 3 aromatic rings. The fourth-order valence-corrected chi connectivity index (χ4v) is 3.24. The van der Waals surface area contributed by atoms with Crippen LogP contribution in [0.1, 0.15) is 6.42 Å². The third-order valence-corrected chi connectivity index (χ3v) is 4.73. The largest absolute Gasteiger partial charge is 0.396 e. The minimum Gasteiger partial charge on any atom is -0.396 e. The zero-order valence-electron chi connectivity index (χ0n) is 14.9. The van der Waals surface area contributed by atoms with Gasteiger partial charge in [0.1, 0.15) is 17.8 Å². The van der Waals surface area contributed by atoms with Crippen LogP contribution in [-0.2, 0) is 0 Å². The van der Waals surface area contributed by atoms with Crippen LogP contribution in [0.4, 0.5) is 5.82 Å². The standard InChI is InChI=1S/C17H22N8O2/c26-9-1-3-22-5-7-23(8-6-22)15-10-16(20-12-19-15)25-17(27)14(11-21-25)24-4-2-18-13-24/h2,4,10-13,21,26H,1,3,5-9H2. The van der Waals surface area contributed by atoms with Gasteiger partial charge in [0, 0.05) is 64.0 Å². The molecule has 4 rings (SSSR count). The van der Waals surface area contributed by atoms with E-state index in [1.807, 2.05) is 6.07 Å². The normalized spacial score (nSPS) is 15.4. The van der Waals surface area contributed by atoms with Gasteiger partial charge in [-0.1, -0.05) is 0 Å². The first-order chi connectivity index (χ1) is 13.3. The maximum atomic E-state index is 12.7. The van der Waals surface area contributed by atoms with Crippen molar-refractivity contribution in [2.45, 2.75) is 6.42 Å². The topological polar surface area (TPSA) is 108 Å². The number of aromatic amines is 1. The molecule has 2 N–H and O–H groups in total. The van der Waals surface area contributed by atoms with E-state index < -0.39 is 0 Å². The van der Waals surface area contributed by atoms with Crippen molar-refractivity contribution >= 4 is 5.82 Å². The van der Waals surface area contributed by atoms with Gasteiger partial charge in [0.05, 0.1) is 6.33 Å². The lowest BCUT2D eigenvalue weighted by molar-refractivity contribution is 0.215. The summed E-state index contributed by atoms with van der Waals surface area (Å²) in [6.45, 7) is 4.68. The number of piperazine rings is 1. The maximum absolute atomic E-state index is 12.7. The molecule has 1 saturated heterocycles. The molecule has 0 radical (unpaired) electrons. The second-order valence-electron chi connectivity index (χ2n) is 6.41. The van der Waals surface area contributed by atoms with Crippen LogP contribution >= 0.6 is 0 Å². The van der Waals surface area contributed by atoms with E-state index in [9.17, 15) is 4.79 Å². The summed E-state index contributed by atoms with van der Waals surface area (Å²) >= 11 is 0. The summed E-state index contributed by atoms with van der Waals surface area (Å²) in [5, 5.41) is 11.9. The van der Waals surface area contributed by atoms with Gasteiger partial charge in [0.25, 0.3) is 5.56 Å². The molecule has 0 atom stereocenters. The molecule has 0 bridgehead atoms. The number of H-pyrrole nitrogens is 1. The summed E-state index contributed by atoms with van der Waals surface area (Å²) in [6.07, 6.45) is 8.83. The smallest absolute Gasteiger partial charge is 0.296 e. The number of aliphatic hydroxyl groups is 1. The van der Waals surface area contributed by atoms with Crippen LogP contribution in [0.5, 0.6) is 0 Å². The van der Waals surface area contributed by atoms with Crippen LogP contribution < -0.4 is 10.5 Å². The highest BCUT2D eigenvalue weighted by Crippen LogP contribution is 2.15. The second-order valence-corrected chi connectivity index (χ2v) is 6.41. The van der Waals surface area contributed by atoms with Gasteiger partial charge in [-0.2, -0.15) is 4.68 Å². The number of nitrogens with one attached hydrogen (secondary N) is 1. The zero-order valence-corrected chi connectivity index (χ0v) is 14.9. The van der Waals surface area contributed by atoms with Gasteiger partial charge in [0.2, 0.25) is 0 Å². The summed E-state index contributed by atoms with van der Waals surface area (Å²) in [4.78, 5) is 29.8. The highest BCUT2D eigenvalue weighted by atomic mass is 16.3. The first kappa shape index (κ1) is 17.4. The Kier molecular flexibility index (Phi) is 4.99. The molecule has 0 unspecified atom stereocenters. The molecular weight excluding hydrogens is 348 g/mol. The molecule has 0 amide bonds. The van der Waals surface area contributed by atoms with Gasteiger partial charge in [-0.3, -0.25) is 19.4 Å². The molecule has 1 aliphatic rings. The summed E-state index contributed by atoms with van der Waals surface area (Å²) in [5.41, 5.74) is 0.275. The minimum absolute atomic E-state index is 0.202. The monoisotopic (exact) mass is 370 g/mol. The third-order valence-electron chi connectivity index (χ3n) is 4.73. The summed E-state index contributed by atoms with van der Waals surface area (Å²) in [5.74, 6) is 1.30. The van der Waals surface area contributed by atoms with Crippen LogP contribution in [0.2, 0.25) is 0 Å². The Morgan fingerprint density at radius 3 is 2.70 bits per heavy atom. The quantitative estimate of drug-likeness (QED) is 0.610. The molecule has 0 saturated carbocycles. The van der Waals surface area contributed by atoms with Gasteiger partial charge in [-0.25, -0.2) is 15.0 Å². The highest BCUT2D eigenvalue weighted by molar-refractivity contribution is 5.44. The number of aliphatic hydroxyl groups excluding tert-OH is 1. The van der Waals surface area contributed by atoms with Crippen LogP contribution in [0.3, 0.4) is 0 Å². The molecule has 27 heavy (non-hydrogen) atoms. The van der Waals surface area contributed by atoms with Crippen molar-refractivity contribution in [1.29, 1.82) is 0 Å².